The van der Waals surface area contributed by atoms with Crippen LogP contribution in [0.2, 0.25) is 0 Å². The van der Waals surface area contributed by atoms with Gasteiger partial charge in [-0.05, 0) is 0 Å². The maximum atomic E-state index is 11.8. The monoisotopic (exact) mass is 197 g/mol. The fourth-order valence-electron chi connectivity index (χ4n) is 0.437. The van der Waals surface area contributed by atoms with E-state index in [0.717, 1.165) is 0 Å². The summed E-state index contributed by atoms with van der Waals surface area (Å²) in [6, 6.07) is 0. The third-order valence-corrected chi connectivity index (χ3v) is 1.86. The van der Waals surface area contributed by atoms with Crippen molar-refractivity contribution in [3.63, 3.8) is 0 Å². The van der Waals surface area contributed by atoms with Crippen molar-refractivity contribution < 1.29 is 18.0 Å². The molecule has 0 saturated carbocycles. The molecular weight excluding hydrogens is 195 g/mol. The summed E-state index contributed by atoms with van der Waals surface area (Å²) in [5.74, 6) is -1.01. The number of carbonyl (C=O) groups excluding carboxylic acids is 1. The first-order chi connectivity index (χ1) is 5.41. The molecule has 66 valence electrons. The Kier molecular flexibility index (Phi) is 2.01. The molecule has 0 aromatic carbocycles. The molecule has 0 aliphatic heterocycles. The van der Waals surface area contributed by atoms with Crippen LogP contribution in [0.4, 0.5) is 13.2 Å². The highest BCUT2D eigenvalue weighted by Gasteiger charge is 2.36. The molecule has 1 amide bonds. The average molecular weight is 197 g/mol. The van der Waals surface area contributed by atoms with Crippen LogP contribution in [0.25, 0.3) is 0 Å². The summed E-state index contributed by atoms with van der Waals surface area (Å²) < 4.78 is 35.5. The molecule has 2 N–H and O–H groups in total. The molecule has 1 rings (SSSR count). The summed E-state index contributed by atoms with van der Waals surface area (Å²) >= 11 is 0.126. The summed E-state index contributed by atoms with van der Waals surface area (Å²) in [6.07, 6.45) is -4.56. The minimum Gasteiger partial charge on any atom is -0.363 e. The van der Waals surface area contributed by atoms with Gasteiger partial charge >= 0.3 is 6.18 Å². The largest absolute Gasteiger partial charge is 0.445 e. The maximum absolute atomic E-state index is 11.8. The first-order valence-electron chi connectivity index (χ1n) is 2.62. The molecule has 1 heterocycles. The number of hydrogen-bond acceptors (Lipinski definition) is 4. The van der Waals surface area contributed by atoms with Crippen molar-refractivity contribution in [1.29, 1.82) is 0 Å². The molecular formula is C4H2F3N3OS. The number of alkyl halides is 3. The van der Waals surface area contributed by atoms with Crippen molar-refractivity contribution in [1.82, 2.24) is 10.2 Å². The predicted molar refractivity (Wildman–Crippen MR) is 33.4 cm³/mol. The van der Waals surface area contributed by atoms with E-state index in [0.29, 0.717) is 0 Å². The van der Waals surface area contributed by atoms with Gasteiger partial charge < -0.3 is 5.73 Å². The van der Waals surface area contributed by atoms with Gasteiger partial charge in [0.1, 0.15) is 0 Å². The number of nitrogens with two attached hydrogens (primary N) is 1. The number of halogens is 3. The van der Waals surface area contributed by atoms with E-state index >= 15 is 0 Å². The van der Waals surface area contributed by atoms with Gasteiger partial charge in [-0.3, -0.25) is 4.79 Å². The zero-order valence-electron chi connectivity index (χ0n) is 5.42. The van der Waals surface area contributed by atoms with Gasteiger partial charge in [0.25, 0.3) is 5.91 Å². The summed E-state index contributed by atoms with van der Waals surface area (Å²) in [5.41, 5.74) is 4.67. The van der Waals surface area contributed by atoms with Crippen LogP contribution >= 0.6 is 11.3 Å². The minimum absolute atomic E-state index is 0.126. The van der Waals surface area contributed by atoms with Gasteiger partial charge in [-0.2, -0.15) is 13.2 Å². The minimum atomic E-state index is -4.56. The number of amides is 1. The Hall–Kier alpha value is -1.18. The normalized spacial score (nSPS) is 11.6. The molecule has 0 fully saturated rings. The van der Waals surface area contributed by atoms with E-state index in [9.17, 15) is 18.0 Å². The second-order valence-corrected chi connectivity index (χ2v) is 2.75. The van der Waals surface area contributed by atoms with E-state index < -0.39 is 22.1 Å². The third kappa shape index (κ3) is 1.70. The molecule has 0 aliphatic rings. The van der Waals surface area contributed by atoms with Gasteiger partial charge in [0, 0.05) is 0 Å². The number of carbonyl (C=O) groups is 1. The Morgan fingerprint density at radius 3 is 2.25 bits per heavy atom. The molecule has 12 heavy (non-hydrogen) atoms. The molecule has 0 unspecified atom stereocenters. The summed E-state index contributed by atoms with van der Waals surface area (Å²) in [7, 11) is 0. The number of primary amides is 1. The molecule has 1 aromatic heterocycles. The molecule has 0 spiro atoms. The van der Waals surface area contributed by atoms with Crippen LogP contribution in [0.15, 0.2) is 0 Å². The summed E-state index contributed by atoms with van der Waals surface area (Å²) in [5, 5.41) is 4.10. The molecule has 1 aromatic rings. The highest BCUT2D eigenvalue weighted by atomic mass is 32.1. The van der Waals surface area contributed by atoms with Gasteiger partial charge in [-0.15, -0.1) is 10.2 Å². The maximum Gasteiger partial charge on any atom is 0.445 e. The lowest BCUT2D eigenvalue weighted by molar-refractivity contribution is -0.138. The Morgan fingerprint density at radius 2 is 2.00 bits per heavy atom. The number of hydrogen-bond donors (Lipinski definition) is 1. The van der Waals surface area contributed by atoms with Crippen LogP contribution in [0.1, 0.15) is 14.8 Å². The van der Waals surface area contributed by atoms with Crippen molar-refractivity contribution in [2.45, 2.75) is 6.18 Å². The molecule has 0 aliphatic carbocycles. The van der Waals surface area contributed by atoms with Crippen LogP contribution in [0.5, 0.6) is 0 Å². The molecule has 4 nitrogen and oxygen atoms in total. The lowest BCUT2D eigenvalue weighted by Gasteiger charge is -1.96. The Labute approximate surface area is 68.2 Å². The molecule has 0 atom stereocenters. The number of aromatic nitrogens is 2. The van der Waals surface area contributed by atoms with Crippen molar-refractivity contribution in [2.24, 2.45) is 5.73 Å². The van der Waals surface area contributed by atoms with E-state index in [1.165, 1.54) is 0 Å². The predicted octanol–water partition coefficient (Wildman–Crippen LogP) is 0.656. The number of rotatable bonds is 1. The van der Waals surface area contributed by atoms with Crippen molar-refractivity contribution in [3.05, 3.63) is 10.0 Å². The summed E-state index contributed by atoms with van der Waals surface area (Å²) in [4.78, 5) is 10.3. The molecule has 0 bridgehead atoms. The average Bonchev–Trinajstić information content (AvgIpc) is 2.30. The van der Waals surface area contributed by atoms with Crippen LogP contribution in [-0.2, 0) is 6.18 Å². The highest BCUT2D eigenvalue weighted by molar-refractivity contribution is 7.13. The zero-order valence-corrected chi connectivity index (χ0v) is 6.24. The van der Waals surface area contributed by atoms with Gasteiger partial charge in [0.15, 0.2) is 0 Å². The standard InChI is InChI=1S/C4H2F3N3OS/c5-4(6,7)3-10-9-2(12-3)1(8)11/h(H2,8,11). The second-order valence-electron chi connectivity index (χ2n) is 1.77. The van der Waals surface area contributed by atoms with E-state index in [-0.39, 0.29) is 11.3 Å². The molecule has 0 radical (unpaired) electrons. The van der Waals surface area contributed by atoms with Crippen LogP contribution in [0.3, 0.4) is 0 Å². The fraction of sp³-hybridized carbons (Fsp3) is 0.250. The SMILES string of the molecule is NC(=O)c1nnc(C(F)(F)F)s1. The first-order valence-corrected chi connectivity index (χ1v) is 3.43. The zero-order chi connectivity index (χ0) is 9.35. The van der Waals surface area contributed by atoms with Crippen LogP contribution < -0.4 is 5.73 Å². The first kappa shape index (κ1) is 8.91. The Bertz CT molecular complexity index is 307. The van der Waals surface area contributed by atoms with E-state index in [1.807, 2.05) is 0 Å². The highest BCUT2D eigenvalue weighted by Crippen LogP contribution is 2.31. The van der Waals surface area contributed by atoms with Crippen LogP contribution in [-0.4, -0.2) is 16.1 Å². The van der Waals surface area contributed by atoms with Gasteiger partial charge in [-0.25, -0.2) is 0 Å². The second kappa shape index (κ2) is 2.70. The van der Waals surface area contributed by atoms with Gasteiger partial charge in [-0.1, -0.05) is 11.3 Å². The van der Waals surface area contributed by atoms with E-state index in [2.05, 4.69) is 15.9 Å². The quantitative estimate of drug-likeness (QED) is 0.718. The number of nitrogens with zero attached hydrogens (tertiary/aromatic N) is 2. The molecule has 8 heteroatoms. The van der Waals surface area contributed by atoms with Gasteiger partial charge in [0.05, 0.1) is 0 Å². The summed E-state index contributed by atoms with van der Waals surface area (Å²) in [6.45, 7) is 0. The van der Waals surface area contributed by atoms with Gasteiger partial charge in [0.2, 0.25) is 10.0 Å². The third-order valence-electron chi connectivity index (χ3n) is 0.878. The Morgan fingerprint density at radius 1 is 1.42 bits per heavy atom. The lowest BCUT2D eigenvalue weighted by Crippen LogP contribution is -2.10. The van der Waals surface area contributed by atoms with Crippen molar-refractivity contribution in [2.75, 3.05) is 0 Å². The Balaban J connectivity index is 3.00. The topological polar surface area (TPSA) is 68.9 Å². The lowest BCUT2D eigenvalue weighted by atomic mass is 10.7. The fourth-order valence-corrected chi connectivity index (χ4v) is 1.00. The van der Waals surface area contributed by atoms with Crippen LogP contribution in [0, 0.1) is 0 Å². The smallest absolute Gasteiger partial charge is 0.363 e. The van der Waals surface area contributed by atoms with E-state index in [4.69, 9.17) is 0 Å². The molecule has 0 saturated heterocycles. The van der Waals surface area contributed by atoms with Crippen molar-refractivity contribution >= 4 is 17.2 Å². The van der Waals surface area contributed by atoms with Crippen molar-refractivity contribution in [3.8, 4) is 0 Å². The van der Waals surface area contributed by atoms with E-state index in [1.54, 1.807) is 0 Å².